The number of hydrogen-bond acceptors (Lipinski definition) is 6. The third-order valence-electron chi connectivity index (χ3n) is 4.37. The molecule has 3 heterocycles. The van der Waals surface area contributed by atoms with Crippen LogP contribution in [0.3, 0.4) is 0 Å². The molecular formula is C22H27Br2IN6O3. The lowest BCUT2D eigenvalue weighted by atomic mass is 10.3. The van der Waals surface area contributed by atoms with Crippen LogP contribution in [0.2, 0.25) is 0 Å². The first-order valence-corrected chi connectivity index (χ1v) is 9.61. The highest BCUT2D eigenvalue weighted by atomic mass is 127. The Labute approximate surface area is 236 Å². The molecule has 0 spiro atoms. The monoisotopic (exact) mass is 708 g/mol. The molecule has 34 heavy (non-hydrogen) atoms. The number of nitrogens with zero attached hydrogens (tertiary/aromatic N) is 6. The first kappa shape index (κ1) is 33.7. The number of rotatable bonds is 7. The van der Waals surface area contributed by atoms with E-state index in [1.807, 2.05) is 85.1 Å². The lowest BCUT2D eigenvalue weighted by molar-refractivity contribution is -0.726. The van der Waals surface area contributed by atoms with Crippen LogP contribution in [0.5, 0.6) is 0 Å². The molecular weight excluding hydrogens is 683 g/mol. The van der Waals surface area contributed by atoms with E-state index in [1.165, 1.54) is 18.6 Å². The summed E-state index contributed by atoms with van der Waals surface area (Å²) in [5, 5.41) is 34.0. The van der Waals surface area contributed by atoms with E-state index >= 15 is 0 Å². The molecule has 0 radical (unpaired) electrons. The molecule has 12 heteroatoms. The van der Waals surface area contributed by atoms with E-state index in [2.05, 4.69) is 24.6 Å². The maximum Gasteiger partial charge on any atom is 0.226 e. The maximum atomic E-state index is 8.45. The van der Waals surface area contributed by atoms with Crippen molar-refractivity contribution in [2.75, 3.05) is 0 Å². The molecule has 0 aromatic carbocycles. The second-order valence-corrected chi connectivity index (χ2v) is 6.56. The normalized spacial score (nSPS) is 10.1. The number of aryl methyl sites for hydroxylation is 3. The van der Waals surface area contributed by atoms with Gasteiger partial charge in [0.1, 0.15) is 13.3 Å². The molecule has 0 fully saturated rings. The first-order chi connectivity index (χ1) is 15.2. The summed E-state index contributed by atoms with van der Waals surface area (Å²) in [7, 11) is 1.89. The Balaban J connectivity index is 0. The first-order valence-electron chi connectivity index (χ1n) is 9.61. The Morgan fingerprint density at radius 2 is 1.12 bits per heavy atom. The summed E-state index contributed by atoms with van der Waals surface area (Å²) in [5.41, 5.74) is 2.60. The minimum absolute atomic E-state index is 0. The number of hydrogen-bond donors (Lipinski definition) is 3. The van der Waals surface area contributed by atoms with Crippen LogP contribution in [0, 0.1) is 0 Å². The Hall–Kier alpha value is -2.45. The van der Waals surface area contributed by atoms with Gasteiger partial charge in [-0.3, -0.25) is 0 Å². The molecule has 3 aromatic rings. The zero-order chi connectivity index (χ0) is 22.3. The highest BCUT2D eigenvalue weighted by Crippen LogP contribution is 1.93. The van der Waals surface area contributed by atoms with Crippen LogP contribution in [0.15, 0.2) is 88.9 Å². The fourth-order valence-corrected chi connectivity index (χ4v) is 2.71. The number of aromatic nitrogens is 3. The van der Waals surface area contributed by atoms with Crippen molar-refractivity contribution in [1.82, 2.24) is 0 Å². The largest absolute Gasteiger partial charge is 1.00 e. The Morgan fingerprint density at radius 3 is 1.50 bits per heavy atom. The third kappa shape index (κ3) is 12.7. The van der Waals surface area contributed by atoms with E-state index in [9.17, 15) is 0 Å². The minimum Gasteiger partial charge on any atom is -1.00 e. The van der Waals surface area contributed by atoms with Crippen molar-refractivity contribution in [3.8, 4) is 0 Å². The van der Waals surface area contributed by atoms with Gasteiger partial charge in [0.2, 0.25) is 5.69 Å². The predicted molar refractivity (Wildman–Crippen MR) is 114 cm³/mol. The van der Waals surface area contributed by atoms with Crippen molar-refractivity contribution in [3.63, 3.8) is 0 Å². The van der Waals surface area contributed by atoms with Crippen molar-refractivity contribution >= 4 is 18.6 Å². The van der Waals surface area contributed by atoms with Crippen molar-refractivity contribution in [3.05, 3.63) is 90.3 Å². The quantitative estimate of drug-likeness (QED) is 0.0747. The highest BCUT2D eigenvalue weighted by Gasteiger charge is 2.05. The summed E-state index contributed by atoms with van der Waals surface area (Å²) in [6.07, 6.45) is 14.9. The van der Waals surface area contributed by atoms with Crippen LogP contribution >= 0.6 is 0 Å². The Bertz CT molecular complexity index is 964. The van der Waals surface area contributed by atoms with E-state index in [1.54, 1.807) is 0 Å². The minimum atomic E-state index is 0. The summed E-state index contributed by atoms with van der Waals surface area (Å²) in [6.45, 7) is 1.81. The lowest BCUT2D eigenvalue weighted by Crippen LogP contribution is -3.00. The zero-order valence-electron chi connectivity index (χ0n) is 18.4. The second kappa shape index (κ2) is 20.0. The topological polar surface area (TPSA) is 109 Å². The molecule has 0 atom stereocenters. The molecule has 0 saturated heterocycles. The average Bonchev–Trinajstić information content (AvgIpc) is 2.79. The summed E-state index contributed by atoms with van der Waals surface area (Å²) >= 11 is 0. The van der Waals surface area contributed by atoms with Crippen molar-refractivity contribution in [2.45, 2.75) is 19.5 Å². The molecule has 9 nitrogen and oxygen atoms in total. The van der Waals surface area contributed by atoms with E-state index in [-0.39, 0.29) is 57.9 Å². The molecule has 0 unspecified atom stereocenters. The van der Waals surface area contributed by atoms with E-state index in [0.717, 1.165) is 36.3 Å². The average molecular weight is 710 g/mol. The van der Waals surface area contributed by atoms with Gasteiger partial charge in [-0.05, 0) is 6.07 Å². The van der Waals surface area contributed by atoms with Crippen molar-refractivity contribution < 1.29 is 87.3 Å². The lowest BCUT2D eigenvalue weighted by Gasteiger charge is -1.97. The SMILES string of the molecule is C[n+]1ccccc1/C=N\O.O/N=C\c1cc[n+](CCC[n+]2ccc(/C=N\O)cc2)cc1.[Br-].[Br-].[I-]. The van der Waals surface area contributed by atoms with Gasteiger partial charge in [0.05, 0.1) is 18.9 Å². The highest BCUT2D eigenvalue weighted by molar-refractivity contribution is 5.78. The van der Waals surface area contributed by atoms with Gasteiger partial charge in [0.15, 0.2) is 44.1 Å². The zero-order valence-corrected chi connectivity index (χ0v) is 23.8. The van der Waals surface area contributed by atoms with Crippen LogP contribution in [0.25, 0.3) is 0 Å². The number of pyridine rings is 3. The predicted octanol–water partition coefficient (Wildman–Crippen LogP) is -7.70. The van der Waals surface area contributed by atoms with Gasteiger partial charge in [-0.1, -0.05) is 15.5 Å². The van der Waals surface area contributed by atoms with E-state index in [0.29, 0.717) is 0 Å². The summed E-state index contributed by atoms with van der Waals surface area (Å²) < 4.78 is 6.03. The van der Waals surface area contributed by atoms with Crippen molar-refractivity contribution in [1.29, 1.82) is 0 Å². The van der Waals surface area contributed by atoms with E-state index < -0.39 is 0 Å². The molecule has 0 amide bonds. The molecule has 184 valence electrons. The van der Waals surface area contributed by atoms with Crippen molar-refractivity contribution in [2.24, 2.45) is 22.5 Å². The standard InChI is InChI=1S/C15H16N4O2.C7H8N2O.2BrH.HI/c20-16-12-14-2-8-18(9-3-14)6-1-7-19-10-4-15(5-11-19)13-17-21;1-9-5-3-2-4-7(9)6-8-10;;;/h2-5,8-13H,1,6-7H2;2-6H,1H3;3*1H. The van der Waals surface area contributed by atoms with Crippen LogP contribution in [0.1, 0.15) is 23.2 Å². The molecule has 3 N–H and O–H groups in total. The van der Waals surface area contributed by atoms with Gasteiger partial charge in [-0.2, -0.15) is 0 Å². The summed E-state index contributed by atoms with van der Waals surface area (Å²) in [5.74, 6) is 0. The Kier molecular flexibility index (Phi) is 19.8. The molecule has 3 rings (SSSR count). The molecule has 0 aliphatic rings. The van der Waals surface area contributed by atoms with Gasteiger partial charge < -0.3 is 73.6 Å². The van der Waals surface area contributed by atoms with Crippen LogP contribution in [0.4, 0.5) is 0 Å². The number of oxime groups is 3. The van der Waals surface area contributed by atoms with Gasteiger partial charge in [0, 0.05) is 47.5 Å². The van der Waals surface area contributed by atoms with E-state index in [4.69, 9.17) is 15.6 Å². The Morgan fingerprint density at radius 1 is 0.676 bits per heavy atom. The molecule has 0 saturated carbocycles. The smallest absolute Gasteiger partial charge is 0.226 e. The molecule has 3 aromatic heterocycles. The van der Waals surface area contributed by atoms with Gasteiger partial charge in [0.25, 0.3) is 0 Å². The third-order valence-corrected chi connectivity index (χ3v) is 4.37. The number of halogens is 3. The maximum absolute atomic E-state index is 8.45. The van der Waals surface area contributed by atoms with Gasteiger partial charge in [-0.25, -0.2) is 13.7 Å². The fourth-order valence-electron chi connectivity index (χ4n) is 2.71. The van der Waals surface area contributed by atoms with Gasteiger partial charge >= 0.3 is 0 Å². The summed E-state index contributed by atoms with van der Waals surface area (Å²) in [4.78, 5) is 0. The summed E-state index contributed by atoms with van der Waals surface area (Å²) in [6, 6.07) is 13.3. The second-order valence-electron chi connectivity index (χ2n) is 6.56. The fraction of sp³-hybridized carbons (Fsp3) is 0.182. The van der Waals surface area contributed by atoms with Crippen LogP contribution < -0.4 is 71.6 Å². The molecule has 0 aliphatic carbocycles. The molecule has 0 bridgehead atoms. The molecule has 0 aliphatic heterocycles. The van der Waals surface area contributed by atoms with Crippen LogP contribution in [-0.4, -0.2) is 34.3 Å². The van der Waals surface area contributed by atoms with Crippen LogP contribution in [-0.2, 0) is 20.1 Å². The van der Waals surface area contributed by atoms with Gasteiger partial charge in [-0.15, -0.1) is 0 Å².